The van der Waals surface area contributed by atoms with E-state index in [-0.39, 0.29) is 23.1 Å². The molecule has 2 aliphatic heterocycles. The summed E-state index contributed by atoms with van der Waals surface area (Å²) >= 11 is 0. The molecule has 1 aromatic carbocycles. The molecule has 1 N–H and O–H groups in total. The summed E-state index contributed by atoms with van der Waals surface area (Å²) in [4.78, 5) is 30.2. The van der Waals surface area contributed by atoms with E-state index in [4.69, 9.17) is 0 Å². The molecular weight excluding hydrogens is 376 g/mol. The number of carbonyl (C=O) groups is 2. The minimum Gasteiger partial charge on any atom is -0.356 e. The third kappa shape index (κ3) is 4.01. The van der Waals surface area contributed by atoms with Gasteiger partial charge in [0.25, 0.3) is 5.91 Å². The Balaban J connectivity index is 1.48. The molecule has 0 bridgehead atoms. The minimum atomic E-state index is -0.156. The highest BCUT2D eigenvalue weighted by molar-refractivity contribution is 5.93. The lowest BCUT2D eigenvalue weighted by Gasteiger charge is -2.50. The summed E-state index contributed by atoms with van der Waals surface area (Å²) in [5.74, 6) is 0.516. The number of rotatable bonds is 6. The summed E-state index contributed by atoms with van der Waals surface area (Å²) in [5.41, 5.74) is 1.80. The molecule has 1 unspecified atom stereocenters. The average molecular weight is 409 g/mol. The van der Waals surface area contributed by atoms with Crippen molar-refractivity contribution >= 4 is 11.8 Å². The number of nitrogens with one attached hydrogen (secondary N) is 1. The molecular formula is C24H32N4O2. The fourth-order valence-electron chi connectivity index (χ4n) is 4.85. The topological polar surface area (TPSA) is 57.6 Å². The standard InChI is InChI=1S/C24H32N4O2/c1-18(2)12-25-22(29)20-14-27(13-19-8-5-4-6-9-19)15-24(20)16-28(17-24)23(30)21-10-7-11-26(21)3/h4-11,18,20H,12-17H2,1-3H3,(H,25,29). The lowest BCUT2D eigenvalue weighted by molar-refractivity contribution is -0.131. The fraction of sp³-hybridized carbons (Fsp3) is 0.500. The molecule has 30 heavy (non-hydrogen) atoms. The molecule has 1 spiro atoms. The van der Waals surface area contributed by atoms with Crippen molar-refractivity contribution in [2.75, 3.05) is 32.7 Å². The number of amides is 2. The largest absolute Gasteiger partial charge is 0.356 e. The van der Waals surface area contributed by atoms with E-state index in [2.05, 4.69) is 48.3 Å². The van der Waals surface area contributed by atoms with Gasteiger partial charge in [-0.15, -0.1) is 0 Å². The third-order valence-electron chi connectivity index (χ3n) is 6.43. The summed E-state index contributed by atoms with van der Waals surface area (Å²) in [6, 6.07) is 14.1. The summed E-state index contributed by atoms with van der Waals surface area (Å²) in [7, 11) is 1.89. The van der Waals surface area contributed by atoms with E-state index in [1.807, 2.05) is 40.9 Å². The zero-order valence-corrected chi connectivity index (χ0v) is 18.2. The first kappa shape index (κ1) is 20.7. The smallest absolute Gasteiger partial charge is 0.270 e. The van der Waals surface area contributed by atoms with Crippen LogP contribution in [0.3, 0.4) is 0 Å². The van der Waals surface area contributed by atoms with Crippen LogP contribution in [0.2, 0.25) is 0 Å². The molecule has 2 fully saturated rings. The monoisotopic (exact) mass is 408 g/mol. The highest BCUT2D eigenvalue weighted by Gasteiger charge is 2.57. The molecule has 2 aromatic rings. The van der Waals surface area contributed by atoms with E-state index in [9.17, 15) is 9.59 Å². The van der Waals surface area contributed by atoms with Crippen molar-refractivity contribution < 1.29 is 9.59 Å². The van der Waals surface area contributed by atoms with Crippen molar-refractivity contribution in [3.05, 3.63) is 59.9 Å². The summed E-state index contributed by atoms with van der Waals surface area (Å²) in [5, 5.41) is 3.14. The Hall–Kier alpha value is -2.60. The molecule has 0 saturated carbocycles. The number of benzene rings is 1. The quantitative estimate of drug-likeness (QED) is 0.798. The van der Waals surface area contributed by atoms with Gasteiger partial charge in [0.15, 0.2) is 0 Å². The Kier molecular flexibility index (Phi) is 5.69. The zero-order chi connectivity index (χ0) is 21.3. The minimum absolute atomic E-state index is 0.0518. The van der Waals surface area contributed by atoms with Crippen LogP contribution in [-0.2, 0) is 18.4 Å². The van der Waals surface area contributed by atoms with E-state index >= 15 is 0 Å². The average Bonchev–Trinajstić information content (AvgIpc) is 3.29. The number of nitrogens with zero attached hydrogens (tertiary/aromatic N) is 3. The van der Waals surface area contributed by atoms with E-state index < -0.39 is 0 Å². The van der Waals surface area contributed by atoms with E-state index in [1.165, 1.54) is 5.56 Å². The first-order valence-corrected chi connectivity index (χ1v) is 10.8. The Labute approximate surface area is 178 Å². The summed E-state index contributed by atoms with van der Waals surface area (Å²) in [6.45, 7) is 8.61. The maximum absolute atomic E-state index is 13.1. The predicted molar refractivity (Wildman–Crippen MR) is 117 cm³/mol. The van der Waals surface area contributed by atoms with Gasteiger partial charge in [0.2, 0.25) is 5.91 Å². The number of likely N-dealkylation sites (tertiary alicyclic amines) is 2. The van der Waals surface area contributed by atoms with Gasteiger partial charge in [-0.2, -0.15) is 0 Å². The van der Waals surface area contributed by atoms with Gasteiger partial charge in [-0.1, -0.05) is 44.2 Å². The second-order valence-corrected chi connectivity index (χ2v) is 9.37. The fourth-order valence-corrected chi connectivity index (χ4v) is 4.85. The van der Waals surface area contributed by atoms with E-state index in [0.29, 0.717) is 31.2 Å². The Morgan fingerprint density at radius 1 is 1.10 bits per heavy atom. The van der Waals surface area contributed by atoms with Crippen molar-refractivity contribution in [2.24, 2.45) is 24.3 Å². The molecule has 3 heterocycles. The molecule has 0 aliphatic carbocycles. The molecule has 4 rings (SSSR count). The number of hydrogen-bond donors (Lipinski definition) is 1. The maximum atomic E-state index is 13.1. The Morgan fingerprint density at radius 3 is 2.47 bits per heavy atom. The number of carbonyl (C=O) groups excluding carboxylic acids is 2. The summed E-state index contributed by atoms with van der Waals surface area (Å²) < 4.78 is 1.86. The lowest BCUT2D eigenvalue weighted by atomic mass is 9.71. The predicted octanol–water partition coefficient (Wildman–Crippen LogP) is 2.37. The van der Waals surface area contributed by atoms with Crippen molar-refractivity contribution in [3.63, 3.8) is 0 Å². The van der Waals surface area contributed by atoms with Gasteiger partial charge in [0, 0.05) is 57.9 Å². The van der Waals surface area contributed by atoms with Crippen molar-refractivity contribution in [3.8, 4) is 0 Å². The SMILES string of the molecule is CC(C)CNC(=O)C1CN(Cc2ccccc2)CC12CN(C(=O)c1cccn1C)C2. The van der Waals surface area contributed by atoms with Crippen LogP contribution in [0.15, 0.2) is 48.7 Å². The number of aromatic nitrogens is 1. The highest BCUT2D eigenvalue weighted by atomic mass is 16.2. The molecule has 6 heteroatoms. The second kappa shape index (κ2) is 8.26. The third-order valence-corrected chi connectivity index (χ3v) is 6.43. The molecule has 0 radical (unpaired) electrons. The second-order valence-electron chi connectivity index (χ2n) is 9.37. The molecule has 1 aromatic heterocycles. The number of hydrogen-bond acceptors (Lipinski definition) is 3. The van der Waals surface area contributed by atoms with Crippen molar-refractivity contribution in [2.45, 2.75) is 20.4 Å². The number of aryl methyl sites for hydroxylation is 1. The van der Waals surface area contributed by atoms with Gasteiger partial charge >= 0.3 is 0 Å². The van der Waals surface area contributed by atoms with Crippen LogP contribution in [0.5, 0.6) is 0 Å². The van der Waals surface area contributed by atoms with Gasteiger partial charge in [-0.25, -0.2) is 0 Å². The molecule has 2 saturated heterocycles. The van der Waals surface area contributed by atoms with E-state index in [1.54, 1.807) is 0 Å². The van der Waals surface area contributed by atoms with Crippen LogP contribution in [0.1, 0.15) is 29.9 Å². The summed E-state index contributed by atoms with van der Waals surface area (Å²) in [6.07, 6.45) is 1.89. The first-order valence-electron chi connectivity index (χ1n) is 10.8. The molecule has 1 atom stereocenters. The lowest BCUT2D eigenvalue weighted by Crippen LogP contribution is -2.64. The van der Waals surface area contributed by atoms with Gasteiger partial charge in [-0.05, 0) is 23.6 Å². The van der Waals surface area contributed by atoms with Crippen molar-refractivity contribution in [1.29, 1.82) is 0 Å². The van der Waals surface area contributed by atoms with Crippen LogP contribution in [0.4, 0.5) is 0 Å². The molecule has 2 amide bonds. The zero-order valence-electron chi connectivity index (χ0n) is 18.2. The van der Waals surface area contributed by atoms with Gasteiger partial charge in [0.1, 0.15) is 5.69 Å². The Morgan fingerprint density at radius 2 is 1.83 bits per heavy atom. The first-order chi connectivity index (χ1) is 14.4. The van der Waals surface area contributed by atoms with Crippen LogP contribution >= 0.6 is 0 Å². The molecule has 2 aliphatic rings. The van der Waals surface area contributed by atoms with Crippen LogP contribution in [0.25, 0.3) is 0 Å². The van der Waals surface area contributed by atoms with Crippen LogP contribution in [-0.4, -0.2) is 58.9 Å². The van der Waals surface area contributed by atoms with Gasteiger partial charge in [0.05, 0.1) is 5.92 Å². The van der Waals surface area contributed by atoms with E-state index in [0.717, 1.165) is 19.6 Å². The Bertz CT molecular complexity index is 899. The molecule has 160 valence electrons. The normalized spacial score (nSPS) is 20.5. The maximum Gasteiger partial charge on any atom is 0.270 e. The van der Waals surface area contributed by atoms with Crippen LogP contribution in [0, 0.1) is 17.3 Å². The highest BCUT2D eigenvalue weighted by Crippen LogP contribution is 2.45. The van der Waals surface area contributed by atoms with Crippen molar-refractivity contribution in [1.82, 2.24) is 19.7 Å². The molecule has 6 nitrogen and oxygen atoms in total. The van der Waals surface area contributed by atoms with Gasteiger partial charge in [-0.3, -0.25) is 14.5 Å². The van der Waals surface area contributed by atoms with Crippen LogP contribution < -0.4 is 5.32 Å². The van der Waals surface area contributed by atoms with Gasteiger partial charge < -0.3 is 14.8 Å².